The van der Waals surface area contributed by atoms with E-state index in [0.29, 0.717) is 17.6 Å². The second-order valence-electron chi connectivity index (χ2n) is 8.27. The van der Waals surface area contributed by atoms with Crippen LogP contribution in [0.15, 0.2) is 83.9 Å². The van der Waals surface area contributed by atoms with Gasteiger partial charge in [0, 0.05) is 12.1 Å². The summed E-state index contributed by atoms with van der Waals surface area (Å²) < 4.78 is 15.8. The first-order valence-electron chi connectivity index (χ1n) is 11.1. The average molecular weight is 456 g/mol. The largest absolute Gasteiger partial charge is 0.496 e. The molecule has 0 N–H and O–H groups in total. The third-order valence-corrected chi connectivity index (χ3v) is 6.63. The Kier molecular flexibility index (Phi) is 5.57. The molecule has 172 valence electrons. The van der Waals surface area contributed by atoms with Crippen LogP contribution < -0.4 is 9.64 Å². The maximum absolute atomic E-state index is 12.9. The predicted octanol–water partition coefficient (Wildman–Crippen LogP) is 4.54. The van der Waals surface area contributed by atoms with Crippen LogP contribution in [-0.2, 0) is 25.5 Å². The van der Waals surface area contributed by atoms with Crippen molar-refractivity contribution in [3.8, 4) is 5.75 Å². The Bertz CT molecular complexity index is 1260. The van der Waals surface area contributed by atoms with Gasteiger partial charge in [0.15, 0.2) is 0 Å². The second-order valence-corrected chi connectivity index (χ2v) is 8.27. The Morgan fingerprint density at radius 1 is 0.706 bits per heavy atom. The van der Waals surface area contributed by atoms with E-state index in [2.05, 4.69) is 11.0 Å². The first-order chi connectivity index (χ1) is 16.6. The van der Waals surface area contributed by atoms with E-state index >= 15 is 0 Å². The van der Waals surface area contributed by atoms with E-state index in [0.717, 1.165) is 33.7 Å². The Balaban J connectivity index is 1.67. The summed E-state index contributed by atoms with van der Waals surface area (Å²) in [6, 6.07) is 23.0. The average Bonchev–Trinajstić information content (AvgIpc) is 3.40. The molecular weight excluding hydrogens is 430 g/mol. The molecular formula is C28H25NO5. The molecule has 0 unspecified atom stereocenters. The minimum absolute atomic E-state index is 0.338. The first kappa shape index (κ1) is 21.8. The molecule has 2 aliphatic rings. The highest BCUT2D eigenvalue weighted by atomic mass is 16.5. The van der Waals surface area contributed by atoms with Crippen LogP contribution >= 0.6 is 0 Å². The first-order valence-corrected chi connectivity index (χ1v) is 11.1. The van der Waals surface area contributed by atoms with E-state index in [-0.39, 0.29) is 0 Å². The lowest BCUT2D eigenvalue weighted by molar-refractivity contribution is -0.139. The zero-order valence-electron chi connectivity index (χ0n) is 19.3. The third kappa shape index (κ3) is 3.25. The Labute approximate surface area is 198 Å². The van der Waals surface area contributed by atoms with Crippen LogP contribution in [0.5, 0.6) is 5.75 Å². The summed E-state index contributed by atoms with van der Waals surface area (Å²) in [6.07, 6.45) is 0.633. The highest BCUT2D eigenvalue weighted by Gasteiger charge is 2.54. The van der Waals surface area contributed by atoms with Crippen molar-refractivity contribution in [2.75, 3.05) is 26.2 Å². The van der Waals surface area contributed by atoms with Crippen LogP contribution in [0, 0.1) is 0 Å². The maximum Gasteiger partial charge on any atom is 0.336 e. The number of esters is 2. The lowest BCUT2D eigenvalue weighted by Crippen LogP contribution is -2.24. The van der Waals surface area contributed by atoms with Crippen molar-refractivity contribution in [2.45, 2.75) is 18.5 Å². The fourth-order valence-corrected chi connectivity index (χ4v) is 5.25. The molecule has 6 heteroatoms. The molecule has 0 saturated carbocycles. The summed E-state index contributed by atoms with van der Waals surface area (Å²) in [4.78, 5) is 28.0. The van der Waals surface area contributed by atoms with Gasteiger partial charge in [-0.25, -0.2) is 9.59 Å². The SMILES string of the molecule is COC(=O)C1=C(C(=O)OC)[C@H]2c3ccccc3[C@@H]1N2c1ccccc1Cc1ccccc1OC. The minimum atomic E-state index is -0.519. The number of carbonyl (C=O) groups is 2. The van der Waals surface area contributed by atoms with Crippen LogP contribution in [0.1, 0.15) is 34.3 Å². The molecule has 0 aromatic heterocycles. The number of hydrogen-bond acceptors (Lipinski definition) is 6. The van der Waals surface area contributed by atoms with Crippen molar-refractivity contribution in [3.05, 3.63) is 106 Å². The molecule has 2 atom stereocenters. The highest BCUT2D eigenvalue weighted by Crippen LogP contribution is 2.58. The fraction of sp³-hybridized carbons (Fsp3) is 0.214. The van der Waals surface area contributed by atoms with E-state index in [1.165, 1.54) is 14.2 Å². The highest BCUT2D eigenvalue weighted by molar-refractivity contribution is 6.06. The summed E-state index contributed by atoms with van der Waals surface area (Å²) in [5.41, 5.74) is 5.72. The molecule has 0 spiro atoms. The summed E-state index contributed by atoms with van der Waals surface area (Å²) in [5, 5.41) is 0. The minimum Gasteiger partial charge on any atom is -0.496 e. The molecule has 34 heavy (non-hydrogen) atoms. The molecule has 3 aromatic rings. The van der Waals surface area contributed by atoms with Crippen LogP contribution in [0.2, 0.25) is 0 Å². The molecule has 0 saturated heterocycles. The lowest BCUT2D eigenvalue weighted by Gasteiger charge is -2.29. The fourth-order valence-electron chi connectivity index (χ4n) is 5.25. The van der Waals surface area contributed by atoms with Gasteiger partial charge in [0.05, 0.1) is 44.6 Å². The van der Waals surface area contributed by atoms with Gasteiger partial charge in [-0.1, -0.05) is 60.7 Å². The number of methoxy groups -OCH3 is 3. The summed E-state index contributed by atoms with van der Waals surface area (Å²) in [5.74, 6) is -0.224. The van der Waals surface area contributed by atoms with E-state index in [4.69, 9.17) is 14.2 Å². The van der Waals surface area contributed by atoms with Gasteiger partial charge in [0.2, 0.25) is 0 Å². The van der Waals surface area contributed by atoms with Gasteiger partial charge in [-0.15, -0.1) is 0 Å². The predicted molar refractivity (Wildman–Crippen MR) is 128 cm³/mol. The lowest BCUT2D eigenvalue weighted by atomic mass is 9.86. The Morgan fingerprint density at radius 3 is 1.76 bits per heavy atom. The zero-order valence-corrected chi connectivity index (χ0v) is 19.3. The number of nitrogens with zero attached hydrogens (tertiary/aromatic N) is 1. The van der Waals surface area contributed by atoms with Gasteiger partial charge in [-0.05, 0) is 34.4 Å². The third-order valence-electron chi connectivity index (χ3n) is 6.63. The monoisotopic (exact) mass is 455 g/mol. The number of rotatable bonds is 6. The van der Waals surface area contributed by atoms with E-state index in [9.17, 15) is 9.59 Å². The van der Waals surface area contributed by atoms with Crippen molar-refractivity contribution in [1.29, 1.82) is 0 Å². The summed E-state index contributed by atoms with van der Waals surface area (Å²) in [6.45, 7) is 0. The number of para-hydroxylation sites is 2. The topological polar surface area (TPSA) is 65.1 Å². The van der Waals surface area contributed by atoms with Gasteiger partial charge in [0.1, 0.15) is 5.75 Å². The summed E-state index contributed by atoms with van der Waals surface area (Å²) in [7, 11) is 4.33. The van der Waals surface area contributed by atoms with E-state index < -0.39 is 24.0 Å². The van der Waals surface area contributed by atoms with Crippen molar-refractivity contribution in [1.82, 2.24) is 0 Å². The molecule has 0 fully saturated rings. The number of fused-ring (bicyclic) bond motifs is 5. The van der Waals surface area contributed by atoms with Gasteiger partial charge in [0.25, 0.3) is 0 Å². The molecule has 6 nitrogen and oxygen atoms in total. The molecule has 2 heterocycles. The van der Waals surface area contributed by atoms with Gasteiger partial charge < -0.3 is 19.1 Å². The molecule has 2 aliphatic heterocycles. The number of benzene rings is 3. The maximum atomic E-state index is 12.9. The quantitative estimate of drug-likeness (QED) is 0.509. The van der Waals surface area contributed by atoms with Crippen LogP contribution in [0.3, 0.4) is 0 Å². The van der Waals surface area contributed by atoms with E-state index in [1.54, 1.807) is 7.11 Å². The molecule has 0 amide bonds. The van der Waals surface area contributed by atoms with Crippen molar-refractivity contribution < 1.29 is 23.8 Å². The Morgan fingerprint density at radius 2 is 1.21 bits per heavy atom. The number of hydrogen-bond donors (Lipinski definition) is 0. The molecule has 2 bridgehead atoms. The number of anilines is 1. The smallest absolute Gasteiger partial charge is 0.336 e. The zero-order chi connectivity index (χ0) is 23.8. The van der Waals surface area contributed by atoms with Crippen LogP contribution in [-0.4, -0.2) is 33.3 Å². The standard InChI is InChI=1S/C28H25NO5/c1-32-22-15-9-5-11-18(22)16-17-10-4-8-14-21(17)29-25-19-12-6-7-13-20(19)26(29)24(28(31)34-3)23(25)27(30)33-2/h4-15,25-26H,16H2,1-3H3/t25-,26+. The van der Waals surface area contributed by atoms with Gasteiger partial charge in [-0.3, -0.25) is 0 Å². The van der Waals surface area contributed by atoms with Crippen molar-refractivity contribution in [3.63, 3.8) is 0 Å². The van der Waals surface area contributed by atoms with Gasteiger partial charge >= 0.3 is 11.9 Å². The van der Waals surface area contributed by atoms with Crippen molar-refractivity contribution >= 4 is 17.6 Å². The van der Waals surface area contributed by atoms with E-state index in [1.807, 2.05) is 66.7 Å². The second kappa shape index (κ2) is 8.71. The molecule has 3 aromatic carbocycles. The Hall–Kier alpha value is -4.06. The summed E-state index contributed by atoms with van der Waals surface area (Å²) >= 11 is 0. The van der Waals surface area contributed by atoms with Crippen molar-refractivity contribution in [2.24, 2.45) is 0 Å². The van der Waals surface area contributed by atoms with Crippen LogP contribution in [0.25, 0.3) is 0 Å². The molecule has 5 rings (SSSR count). The van der Waals surface area contributed by atoms with Gasteiger partial charge in [-0.2, -0.15) is 0 Å². The number of carbonyl (C=O) groups excluding carboxylic acids is 2. The molecule has 0 radical (unpaired) electrons. The number of ether oxygens (including phenoxy) is 3. The molecule has 0 aliphatic carbocycles. The van der Waals surface area contributed by atoms with Crippen LogP contribution in [0.4, 0.5) is 5.69 Å². The normalized spacial score (nSPS) is 18.0.